The van der Waals surface area contributed by atoms with Crippen molar-refractivity contribution in [3.8, 4) is 0 Å². The second-order valence-corrected chi connectivity index (χ2v) is 7.87. The number of aromatic nitrogens is 2. The largest absolute Gasteiger partial charge is 0.464 e. The Kier molecular flexibility index (Phi) is 6.03. The molecule has 2 aromatic rings. The highest BCUT2D eigenvalue weighted by molar-refractivity contribution is 9.10. The standard InChI is InChI=1S/C18H18BrClFN3O2/c1-5-6-11-14(20)22-16(18(2,3)4)23-15(11)24(17(25)26)13-8-7-10(19)9-12(13)21/h5,7-9H,1,6H2,2-4H3,(H,25,26). The van der Waals surface area contributed by atoms with Crippen LogP contribution in [0.3, 0.4) is 0 Å². The van der Waals surface area contributed by atoms with Crippen molar-refractivity contribution in [1.29, 1.82) is 0 Å². The van der Waals surface area contributed by atoms with Crippen LogP contribution in [0.2, 0.25) is 5.15 Å². The van der Waals surface area contributed by atoms with Gasteiger partial charge in [0.15, 0.2) is 5.82 Å². The lowest BCUT2D eigenvalue weighted by atomic mass is 9.95. The van der Waals surface area contributed by atoms with Gasteiger partial charge in [-0.25, -0.2) is 24.1 Å². The van der Waals surface area contributed by atoms with Crippen molar-refractivity contribution in [2.75, 3.05) is 4.90 Å². The predicted molar refractivity (Wildman–Crippen MR) is 104 cm³/mol. The first-order chi connectivity index (χ1) is 12.1. The smallest absolute Gasteiger partial charge is 0.417 e. The molecule has 0 fully saturated rings. The quantitative estimate of drug-likeness (QED) is 0.475. The molecule has 0 bridgehead atoms. The van der Waals surface area contributed by atoms with Gasteiger partial charge in [0, 0.05) is 15.5 Å². The fraction of sp³-hybridized carbons (Fsp3) is 0.278. The molecule has 1 amide bonds. The maximum Gasteiger partial charge on any atom is 0.417 e. The van der Waals surface area contributed by atoms with Crippen molar-refractivity contribution in [1.82, 2.24) is 9.97 Å². The first-order valence-corrected chi connectivity index (χ1v) is 8.89. The third-order valence-electron chi connectivity index (χ3n) is 3.51. The molecule has 0 atom stereocenters. The summed E-state index contributed by atoms with van der Waals surface area (Å²) in [5.74, 6) is -0.337. The van der Waals surface area contributed by atoms with Crippen molar-refractivity contribution in [3.63, 3.8) is 0 Å². The van der Waals surface area contributed by atoms with Crippen LogP contribution in [0.25, 0.3) is 0 Å². The summed E-state index contributed by atoms with van der Waals surface area (Å²) in [5.41, 5.74) is -0.270. The van der Waals surface area contributed by atoms with Gasteiger partial charge in [-0.1, -0.05) is 54.4 Å². The highest BCUT2D eigenvalue weighted by Crippen LogP contribution is 2.35. The molecule has 138 valence electrons. The van der Waals surface area contributed by atoms with Gasteiger partial charge in [-0.15, -0.1) is 6.58 Å². The van der Waals surface area contributed by atoms with Crippen molar-refractivity contribution in [2.24, 2.45) is 0 Å². The number of anilines is 2. The average molecular weight is 443 g/mol. The Morgan fingerprint density at radius 1 is 1.42 bits per heavy atom. The SMILES string of the molecule is C=CCc1c(Cl)nc(C(C)(C)C)nc1N(C(=O)O)c1ccc(Br)cc1F. The lowest BCUT2D eigenvalue weighted by molar-refractivity contribution is 0.204. The summed E-state index contributed by atoms with van der Waals surface area (Å²) in [4.78, 5) is 21.5. The van der Waals surface area contributed by atoms with Crippen LogP contribution in [0, 0.1) is 5.82 Å². The van der Waals surface area contributed by atoms with Crippen LogP contribution in [-0.4, -0.2) is 21.2 Å². The van der Waals surface area contributed by atoms with E-state index in [1.54, 1.807) is 12.1 Å². The molecule has 8 heteroatoms. The predicted octanol–water partition coefficient (Wildman–Crippen LogP) is 5.87. The zero-order valence-corrected chi connectivity index (χ0v) is 16.9. The van der Waals surface area contributed by atoms with E-state index in [9.17, 15) is 14.3 Å². The molecule has 1 heterocycles. The van der Waals surface area contributed by atoms with E-state index in [1.165, 1.54) is 12.1 Å². The second kappa shape index (κ2) is 7.72. The summed E-state index contributed by atoms with van der Waals surface area (Å²) < 4.78 is 15.0. The molecule has 0 aliphatic carbocycles. The molecule has 0 aliphatic rings. The van der Waals surface area contributed by atoms with Gasteiger partial charge in [-0.3, -0.25) is 0 Å². The summed E-state index contributed by atoms with van der Waals surface area (Å²) in [6.07, 6.45) is 0.412. The number of allylic oxidation sites excluding steroid dienone is 1. The molecular weight excluding hydrogens is 425 g/mol. The van der Waals surface area contributed by atoms with Gasteiger partial charge in [0.2, 0.25) is 0 Å². The lowest BCUT2D eigenvalue weighted by Crippen LogP contribution is -2.29. The van der Waals surface area contributed by atoms with Gasteiger partial charge in [0.25, 0.3) is 0 Å². The summed E-state index contributed by atoms with van der Waals surface area (Å²) in [5, 5.41) is 9.88. The van der Waals surface area contributed by atoms with Crippen LogP contribution in [-0.2, 0) is 11.8 Å². The van der Waals surface area contributed by atoms with Crippen LogP contribution >= 0.6 is 27.5 Å². The number of rotatable bonds is 4. The Balaban J connectivity index is 2.80. The number of amides is 1. The van der Waals surface area contributed by atoms with E-state index in [0.717, 1.165) is 4.90 Å². The van der Waals surface area contributed by atoms with Crippen molar-refractivity contribution in [2.45, 2.75) is 32.6 Å². The third-order valence-corrected chi connectivity index (χ3v) is 4.31. The number of nitrogens with zero attached hydrogens (tertiary/aromatic N) is 3. The Hall–Kier alpha value is -1.99. The molecule has 0 spiro atoms. The third kappa shape index (κ3) is 4.22. The highest BCUT2D eigenvalue weighted by Gasteiger charge is 2.29. The zero-order chi connectivity index (χ0) is 19.6. The minimum Gasteiger partial charge on any atom is -0.464 e. The average Bonchev–Trinajstić information content (AvgIpc) is 2.51. The number of hydrogen-bond donors (Lipinski definition) is 1. The summed E-state index contributed by atoms with van der Waals surface area (Å²) in [6.45, 7) is 9.28. The van der Waals surface area contributed by atoms with E-state index in [0.29, 0.717) is 15.9 Å². The normalized spacial score (nSPS) is 11.3. The van der Waals surface area contributed by atoms with Gasteiger partial charge in [-0.05, 0) is 24.6 Å². The summed E-state index contributed by atoms with van der Waals surface area (Å²) in [7, 11) is 0. The molecule has 26 heavy (non-hydrogen) atoms. The first kappa shape index (κ1) is 20.3. The summed E-state index contributed by atoms with van der Waals surface area (Å²) >= 11 is 9.46. The van der Waals surface area contributed by atoms with E-state index >= 15 is 0 Å². The van der Waals surface area contributed by atoms with Crippen molar-refractivity contribution >= 4 is 45.1 Å². The fourth-order valence-corrected chi connectivity index (χ4v) is 2.83. The Morgan fingerprint density at radius 3 is 2.58 bits per heavy atom. The molecule has 5 nitrogen and oxygen atoms in total. The Bertz CT molecular complexity index is 868. The number of benzene rings is 1. The topological polar surface area (TPSA) is 66.3 Å². The maximum atomic E-state index is 14.5. The Labute approximate surface area is 164 Å². The van der Waals surface area contributed by atoms with Crippen LogP contribution in [0.4, 0.5) is 20.7 Å². The molecule has 0 aliphatic heterocycles. The zero-order valence-electron chi connectivity index (χ0n) is 14.6. The van der Waals surface area contributed by atoms with Crippen LogP contribution in [0.15, 0.2) is 35.3 Å². The van der Waals surface area contributed by atoms with Gasteiger partial charge >= 0.3 is 6.09 Å². The van der Waals surface area contributed by atoms with Crippen molar-refractivity contribution < 1.29 is 14.3 Å². The van der Waals surface area contributed by atoms with Gasteiger partial charge in [0.1, 0.15) is 16.8 Å². The van der Waals surface area contributed by atoms with Gasteiger partial charge in [0.05, 0.1) is 5.69 Å². The summed E-state index contributed by atoms with van der Waals surface area (Å²) in [6, 6.07) is 4.10. The minimum absolute atomic E-state index is 0.0172. The van der Waals surface area contributed by atoms with E-state index in [-0.39, 0.29) is 23.1 Å². The molecule has 0 unspecified atom stereocenters. The molecule has 0 radical (unpaired) electrons. The minimum atomic E-state index is -1.38. The molecular formula is C18H18BrClFN3O2. The van der Waals surface area contributed by atoms with E-state index in [4.69, 9.17) is 11.6 Å². The van der Waals surface area contributed by atoms with Crippen LogP contribution < -0.4 is 4.90 Å². The first-order valence-electron chi connectivity index (χ1n) is 7.72. The number of carbonyl (C=O) groups is 1. The van der Waals surface area contributed by atoms with Crippen molar-refractivity contribution in [3.05, 3.63) is 57.7 Å². The molecule has 0 saturated carbocycles. The number of hydrogen-bond acceptors (Lipinski definition) is 3. The Morgan fingerprint density at radius 2 is 2.08 bits per heavy atom. The van der Waals surface area contributed by atoms with Gasteiger partial charge < -0.3 is 5.11 Å². The lowest BCUT2D eigenvalue weighted by Gasteiger charge is -2.25. The van der Waals surface area contributed by atoms with Crippen LogP contribution in [0.5, 0.6) is 0 Å². The van der Waals surface area contributed by atoms with E-state index < -0.39 is 17.3 Å². The molecule has 1 N–H and O–H groups in total. The monoisotopic (exact) mass is 441 g/mol. The number of halogens is 3. The number of carboxylic acid groups (broad SMARTS) is 1. The molecule has 0 saturated heterocycles. The second-order valence-electron chi connectivity index (χ2n) is 6.60. The molecule has 1 aromatic carbocycles. The van der Waals surface area contributed by atoms with E-state index in [2.05, 4.69) is 32.5 Å². The molecule has 1 aromatic heterocycles. The molecule has 2 rings (SSSR count). The van der Waals surface area contributed by atoms with E-state index in [1.807, 2.05) is 20.8 Å². The fourth-order valence-electron chi connectivity index (χ4n) is 2.26. The highest BCUT2D eigenvalue weighted by atomic mass is 79.9. The maximum absolute atomic E-state index is 14.5. The van der Waals surface area contributed by atoms with Crippen LogP contribution in [0.1, 0.15) is 32.2 Å². The van der Waals surface area contributed by atoms with Gasteiger partial charge in [-0.2, -0.15) is 0 Å².